The number of fused-ring (bicyclic) bond motifs is 26. The first-order chi connectivity index (χ1) is 44.2. The van der Waals surface area contributed by atoms with Gasteiger partial charge < -0.3 is 23.2 Å². The Balaban J connectivity index is 0.972. The number of benzene rings is 13. The highest BCUT2D eigenvalue weighted by Crippen LogP contribution is 2.67. The van der Waals surface area contributed by atoms with Gasteiger partial charge in [-0.05, 0) is 152 Å². The van der Waals surface area contributed by atoms with Crippen LogP contribution in [0.4, 0.5) is 34.1 Å². The van der Waals surface area contributed by atoms with Gasteiger partial charge in [-0.2, -0.15) is 0 Å². The minimum atomic E-state index is -0.969. The number of rotatable bonds is 6. The maximum atomic E-state index is 7.72. The second kappa shape index (κ2) is 17.6. The van der Waals surface area contributed by atoms with Crippen molar-refractivity contribution in [3.05, 3.63) is 317 Å². The van der Waals surface area contributed by atoms with E-state index in [2.05, 4.69) is 315 Å². The number of hydrogen-bond donors (Lipinski definition) is 0. The summed E-state index contributed by atoms with van der Waals surface area (Å²) in [6.45, 7) is 9.51. The summed E-state index contributed by atoms with van der Waals surface area (Å²) in [6.07, 6.45) is 0. The zero-order chi connectivity index (χ0) is 59.5. The van der Waals surface area contributed by atoms with Crippen molar-refractivity contribution in [3.8, 4) is 39.1 Å². The largest absolute Gasteiger partial charge is 0.455 e. The highest BCUT2D eigenvalue weighted by Gasteiger charge is 2.54. The highest BCUT2D eigenvalue weighted by atomic mass is 16.3. The third-order valence-electron chi connectivity index (χ3n) is 21.1. The fourth-order valence-electron chi connectivity index (χ4n) is 17.3. The maximum absolute atomic E-state index is 7.72. The zero-order valence-corrected chi connectivity index (χ0v) is 50.1. The first-order valence-corrected chi connectivity index (χ1v) is 31.5. The number of aromatic nitrogens is 1. The highest BCUT2D eigenvalue weighted by molar-refractivity contribution is 6.26. The summed E-state index contributed by atoms with van der Waals surface area (Å²) in [5.74, 6) is 0. The quantitative estimate of drug-likeness (QED) is 0.166. The van der Waals surface area contributed by atoms with Crippen molar-refractivity contribution in [3.63, 3.8) is 0 Å². The third-order valence-corrected chi connectivity index (χ3v) is 21.1. The number of anilines is 6. The maximum Gasteiger partial charge on any atom is 0.145 e. The molecule has 20 rings (SSSR count). The SMILES string of the molecule is CC1(C)c2ccccc2-c2ccc(N(c3ccccc3)c3cc4c(c5oc6ccccc6c35)-c3c(cc(N(c5ccccc5)c5ccc6c(c5)C(C)(C)c5ccccc5-6)c5c3oc3ccccc35)C43c4ccccc4-n4c5ccccc5c5cccc3c54)cc21. The van der Waals surface area contributed by atoms with Crippen molar-refractivity contribution in [2.45, 2.75) is 43.9 Å². The van der Waals surface area contributed by atoms with Crippen molar-refractivity contribution in [1.29, 1.82) is 0 Å². The molecule has 5 heteroatoms. The van der Waals surface area contributed by atoms with E-state index in [1.807, 2.05) is 0 Å². The Bertz CT molecular complexity index is 5540. The van der Waals surface area contributed by atoms with Gasteiger partial charge in [0, 0.05) is 66.3 Å². The molecule has 90 heavy (non-hydrogen) atoms. The van der Waals surface area contributed by atoms with E-state index in [9.17, 15) is 0 Å². The molecule has 4 heterocycles. The molecule has 0 saturated heterocycles. The van der Waals surface area contributed by atoms with Crippen molar-refractivity contribution in [1.82, 2.24) is 4.57 Å². The lowest BCUT2D eigenvalue weighted by Gasteiger charge is -2.40. The summed E-state index contributed by atoms with van der Waals surface area (Å²) in [4.78, 5) is 5.03. The molecule has 0 radical (unpaired) electrons. The minimum absolute atomic E-state index is 0.237. The second-order valence-corrected chi connectivity index (χ2v) is 26.2. The summed E-state index contributed by atoms with van der Waals surface area (Å²) < 4.78 is 18.0. The predicted molar refractivity (Wildman–Crippen MR) is 371 cm³/mol. The second-order valence-electron chi connectivity index (χ2n) is 26.2. The van der Waals surface area contributed by atoms with E-state index in [-0.39, 0.29) is 10.8 Å². The average molecular weight is 1150 g/mol. The monoisotopic (exact) mass is 1150 g/mol. The summed E-state index contributed by atoms with van der Waals surface area (Å²) in [5, 5.41) is 6.60. The Kier molecular flexibility index (Phi) is 9.74. The van der Waals surface area contributed by atoms with E-state index in [1.54, 1.807) is 0 Å². The van der Waals surface area contributed by atoms with Crippen LogP contribution in [0.15, 0.2) is 282 Å². The molecule has 3 aromatic heterocycles. The van der Waals surface area contributed by atoms with E-state index >= 15 is 0 Å². The molecule has 4 aliphatic rings. The molecular weight excluding hydrogens is 1090 g/mol. The van der Waals surface area contributed by atoms with Crippen LogP contribution in [0, 0.1) is 0 Å². The standard InChI is InChI=1S/C85H57N3O2/c1-83(2)62-34-16-11-28-54(62)56-44-42-52(46-66(56)83)86(50-24-7-5-8-25-50)72-48-68-78(81-76(72)60-31-14-21-40-74(60)89-81)79-69(85(68)64-36-18-20-39-71(64)88-70-38-19-13-30-58(70)59-33-23-37-65(85)80(59)88)49-73(77-61-32-15-22-41-75(61)90-82(77)79)87(51-26-9-6-10-27-51)53-43-45-57-55-29-12-17-35-63(55)84(3,4)67(57)47-53/h5-49H,1-4H3. The Labute approximate surface area is 520 Å². The Morgan fingerprint density at radius 3 is 1.28 bits per heavy atom. The van der Waals surface area contributed by atoms with Gasteiger partial charge in [0.05, 0.1) is 44.3 Å². The van der Waals surface area contributed by atoms with Crippen molar-refractivity contribution < 1.29 is 8.83 Å². The van der Waals surface area contributed by atoms with Crippen LogP contribution in [0.25, 0.3) is 105 Å². The molecule has 0 saturated carbocycles. The fraction of sp³-hybridized carbons (Fsp3) is 0.0824. The first kappa shape index (κ1) is 49.9. The number of para-hydroxylation sites is 7. The van der Waals surface area contributed by atoms with Gasteiger partial charge in [0.2, 0.25) is 0 Å². The molecule has 0 atom stereocenters. The van der Waals surface area contributed by atoms with E-state index < -0.39 is 5.41 Å². The Morgan fingerprint density at radius 1 is 0.311 bits per heavy atom. The Hall–Kier alpha value is -11.1. The predicted octanol–water partition coefficient (Wildman–Crippen LogP) is 22.8. The molecule has 424 valence electrons. The normalized spacial score (nSPS) is 14.7. The van der Waals surface area contributed by atoms with Crippen LogP contribution in [0.3, 0.4) is 0 Å². The first-order valence-electron chi connectivity index (χ1n) is 31.5. The number of nitrogens with zero attached hydrogens (tertiary/aromatic N) is 3. The van der Waals surface area contributed by atoms with Gasteiger partial charge in [0.15, 0.2) is 0 Å². The van der Waals surface area contributed by atoms with Crippen molar-refractivity contribution in [2.75, 3.05) is 9.80 Å². The average Bonchev–Trinajstić information content (AvgIpc) is 1.48. The van der Waals surface area contributed by atoms with Gasteiger partial charge in [-0.1, -0.05) is 216 Å². The van der Waals surface area contributed by atoms with Gasteiger partial charge >= 0.3 is 0 Å². The van der Waals surface area contributed by atoms with E-state index in [4.69, 9.17) is 8.83 Å². The van der Waals surface area contributed by atoms with Crippen LogP contribution in [0.5, 0.6) is 0 Å². The summed E-state index contributed by atoms with van der Waals surface area (Å²) in [6, 6.07) is 102. The van der Waals surface area contributed by atoms with Crippen molar-refractivity contribution in [2.24, 2.45) is 0 Å². The lowest BCUT2D eigenvalue weighted by atomic mass is 9.65. The van der Waals surface area contributed by atoms with Gasteiger partial charge in [0.25, 0.3) is 0 Å². The lowest BCUT2D eigenvalue weighted by molar-refractivity contribution is 0.660. The molecule has 0 fully saturated rings. The third kappa shape index (κ3) is 6.21. The molecule has 13 aromatic carbocycles. The van der Waals surface area contributed by atoms with Gasteiger partial charge in [0.1, 0.15) is 22.3 Å². The molecule has 1 aliphatic heterocycles. The molecule has 3 aliphatic carbocycles. The van der Waals surface area contributed by atoms with Gasteiger partial charge in [-0.15, -0.1) is 0 Å². The fourth-order valence-corrected chi connectivity index (χ4v) is 17.3. The number of hydrogen-bond acceptors (Lipinski definition) is 4. The van der Waals surface area contributed by atoms with Crippen LogP contribution in [-0.4, -0.2) is 4.57 Å². The topological polar surface area (TPSA) is 37.7 Å². The van der Waals surface area contributed by atoms with E-state index in [0.29, 0.717) is 0 Å². The molecule has 0 amide bonds. The molecular formula is C85H57N3O2. The lowest BCUT2D eigenvalue weighted by Crippen LogP contribution is -2.34. The molecule has 1 spiro atoms. The molecule has 0 unspecified atom stereocenters. The van der Waals surface area contributed by atoms with Crippen LogP contribution in [0.2, 0.25) is 0 Å². The Morgan fingerprint density at radius 2 is 0.733 bits per heavy atom. The van der Waals surface area contributed by atoms with Crippen molar-refractivity contribution >= 4 is 99.8 Å². The van der Waals surface area contributed by atoms with E-state index in [0.717, 1.165) is 106 Å². The minimum Gasteiger partial charge on any atom is -0.455 e. The summed E-state index contributed by atoms with van der Waals surface area (Å²) >= 11 is 0. The number of furan rings is 2. The molecule has 5 nitrogen and oxygen atoms in total. The molecule has 16 aromatic rings. The molecule has 0 bridgehead atoms. The van der Waals surface area contributed by atoms with Crippen LogP contribution in [-0.2, 0) is 16.2 Å². The summed E-state index contributed by atoms with van der Waals surface area (Å²) in [7, 11) is 0. The van der Waals surface area contributed by atoms with Gasteiger partial charge in [-0.3, -0.25) is 0 Å². The van der Waals surface area contributed by atoms with Gasteiger partial charge in [-0.25, -0.2) is 0 Å². The van der Waals surface area contributed by atoms with Crippen LogP contribution < -0.4 is 9.80 Å². The van der Waals surface area contributed by atoms with Crippen LogP contribution >= 0.6 is 0 Å². The van der Waals surface area contributed by atoms with E-state index in [1.165, 1.54) is 77.4 Å². The zero-order valence-electron chi connectivity index (χ0n) is 50.1. The molecule has 0 N–H and O–H groups in total. The summed E-state index contributed by atoms with van der Waals surface area (Å²) in [5.41, 5.74) is 28.8. The smallest absolute Gasteiger partial charge is 0.145 e. The van der Waals surface area contributed by atoms with Crippen LogP contribution in [0.1, 0.15) is 72.2 Å².